The van der Waals surface area contributed by atoms with E-state index in [0.717, 1.165) is 12.0 Å². The zero-order valence-corrected chi connectivity index (χ0v) is 11.7. The fourth-order valence-corrected chi connectivity index (χ4v) is 3.71. The van der Waals surface area contributed by atoms with Crippen LogP contribution in [0, 0.1) is 5.41 Å². The van der Waals surface area contributed by atoms with Crippen LogP contribution in [-0.2, 0) is 5.60 Å². The molecule has 1 heterocycles. The second kappa shape index (κ2) is 3.94. The molecule has 100 valence electrons. The summed E-state index contributed by atoms with van der Waals surface area (Å²) in [5.74, 6) is 0. The Balaban J connectivity index is 2.23. The van der Waals surface area contributed by atoms with Crippen LogP contribution in [0.3, 0.4) is 0 Å². The zero-order valence-electron chi connectivity index (χ0n) is 11.7. The first-order valence-corrected chi connectivity index (χ1v) is 6.71. The van der Waals surface area contributed by atoms with E-state index >= 15 is 0 Å². The summed E-state index contributed by atoms with van der Waals surface area (Å²) in [6, 6.07) is 8.41. The van der Waals surface area contributed by atoms with Crippen molar-refractivity contribution in [2.75, 3.05) is 0 Å². The van der Waals surface area contributed by atoms with Gasteiger partial charge in [0.2, 0.25) is 0 Å². The molecule has 1 aliphatic carbocycles. The minimum absolute atomic E-state index is 0.0292. The Morgan fingerprint density at radius 2 is 2.00 bits per heavy atom. The average Bonchev–Trinajstić information content (AvgIpc) is 2.80. The van der Waals surface area contributed by atoms with Gasteiger partial charge in [-0.25, -0.2) is 4.98 Å². The van der Waals surface area contributed by atoms with Gasteiger partial charge < -0.3 is 9.67 Å². The molecule has 0 saturated heterocycles. The molecule has 3 nitrogen and oxygen atoms in total. The van der Waals surface area contributed by atoms with Crippen LogP contribution in [0.15, 0.2) is 43.0 Å². The quantitative estimate of drug-likeness (QED) is 0.851. The Labute approximate surface area is 113 Å². The third-order valence-electron chi connectivity index (χ3n) is 4.20. The van der Waals surface area contributed by atoms with Crippen molar-refractivity contribution in [2.45, 2.75) is 38.8 Å². The molecule has 0 amide bonds. The molecule has 2 aromatic rings. The van der Waals surface area contributed by atoms with Gasteiger partial charge in [-0.3, -0.25) is 0 Å². The number of nitrogens with zero attached hydrogens (tertiary/aromatic N) is 2. The zero-order chi connectivity index (χ0) is 13.7. The molecule has 0 bridgehead atoms. The molecule has 3 heteroatoms. The van der Waals surface area contributed by atoms with E-state index in [1.807, 2.05) is 43.8 Å². The van der Waals surface area contributed by atoms with E-state index in [0.29, 0.717) is 0 Å². The van der Waals surface area contributed by atoms with E-state index in [-0.39, 0.29) is 11.5 Å². The minimum Gasteiger partial charge on any atom is -0.385 e. The SMILES string of the molecule is CC1(C)C[C@](C)(O)c2ccccc2[C@@H]1n1ccnc1. The summed E-state index contributed by atoms with van der Waals surface area (Å²) in [4.78, 5) is 4.17. The second-order valence-electron chi connectivity index (χ2n) is 6.44. The van der Waals surface area contributed by atoms with Crippen molar-refractivity contribution >= 4 is 0 Å². The molecule has 0 aliphatic heterocycles. The lowest BCUT2D eigenvalue weighted by atomic mass is 9.64. The van der Waals surface area contributed by atoms with Crippen LogP contribution < -0.4 is 0 Å². The summed E-state index contributed by atoms with van der Waals surface area (Å²) in [5, 5.41) is 10.8. The number of imidazole rings is 1. The van der Waals surface area contributed by atoms with Crippen LogP contribution in [0.25, 0.3) is 0 Å². The summed E-state index contributed by atoms with van der Waals surface area (Å²) in [6.45, 7) is 6.34. The van der Waals surface area contributed by atoms with E-state index in [1.54, 1.807) is 0 Å². The largest absolute Gasteiger partial charge is 0.385 e. The molecule has 1 aromatic carbocycles. The van der Waals surface area contributed by atoms with E-state index in [9.17, 15) is 5.11 Å². The topological polar surface area (TPSA) is 38.0 Å². The molecule has 2 atom stereocenters. The van der Waals surface area contributed by atoms with Gasteiger partial charge in [0.25, 0.3) is 0 Å². The molecule has 0 saturated carbocycles. The smallest absolute Gasteiger partial charge is 0.0951 e. The highest BCUT2D eigenvalue weighted by Gasteiger charge is 2.45. The van der Waals surface area contributed by atoms with Crippen molar-refractivity contribution in [3.63, 3.8) is 0 Å². The fourth-order valence-electron chi connectivity index (χ4n) is 3.71. The van der Waals surface area contributed by atoms with Crippen LogP contribution in [0.4, 0.5) is 0 Å². The van der Waals surface area contributed by atoms with E-state index in [1.165, 1.54) is 5.56 Å². The van der Waals surface area contributed by atoms with E-state index in [4.69, 9.17) is 0 Å². The summed E-state index contributed by atoms with van der Waals surface area (Å²) < 4.78 is 2.15. The third kappa shape index (κ3) is 1.89. The molecule has 1 aliphatic rings. The van der Waals surface area contributed by atoms with Crippen LogP contribution in [0.2, 0.25) is 0 Å². The Bertz CT molecular complexity index is 585. The lowest BCUT2D eigenvalue weighted by molar-refractivity contribution is -0.0165. The van der Waals surface area contributed by atoms with Gasteiger partial charge in [-0.05, 0) is 29.9 Å². The third-order valence-corrected chi connectivity index (χ3v) is 4.20. The molecule has 1 N–H and O–H groups in total. The first kappa shape index (κ1) is 12.4. The molecule has 0 spiro atoms. The summed E-state index contributed by atoms with van der Waals surface area (Å²) in [5.41, 5.74) is 1.44. The van der Waals surface area contributed by atoms with Crippen molar-refractivity contribution in [3.8, 4) is 0 Å². The van der Waals surface area contributed by atoms with Gasteiger partial charge in [-0.2, -0.15) is 0 Å². The predicted molar refractivity (Wildman–Crippen MR) is 74.8 cm³/mol. The number of hydrogen-bond donors (Lipinski definition) is 1. The Morgan fingerprint density at radius 1 is 1.26 bits per heavy atom. The van der Waals surface area contributed by atoms with Crippen LogP contribution in [0.5, 0.6) is 0 Å². The lowest BCUT2D eigenvalue weighted by Gasteiger charge is -2.47. The number of aliphatic hydroxyl groups is 1. The highest BCUT2D eigenvalue weighted by Crippen LogP contribution is 2.51. The maximum absolute atomic E-state index is 10.8. The average molecular weight is 256 g/mol. The fraction of sp³-hybridized carbons (Fsp3) is 0.438. The summed E-state index contributed by atoms with van der Waals surface area (Å²) in [7, 11) is 0. The molecule has 1 aromatic heterocycles. The van der Waals surface area contributed by atoms with Crippen LogP contribution in [0.1, 0.15) is 44.4 Å². The van der Waals surface area contributed by atoms with Crippen molar-refractivity contribution in [3.05, 3.63) is 54.1 Å². The van der Waals surface area contributed by atoms with Gasteiger partial charge in [-0.15, -0.1) is 0 Å². The number of aromatic nitrogens is 2. The number of hydrogen-bond acceptors (Lipinski definition) is 2. The van der Waals surface area contributed by atoms with E-state index < -0.39 is 5.60 Å². The van der Waals surface area contributed by atoms with Crippen molar-refractivity contribution < 1.29 is 5.11 Å². The van der Waals surface area contributed by atoms with Crippen molar-refractivity contribution in [1.82, 2.24) is 9.55 Å². The molecule has 3 rings (SSSR count). The number of benzene rings is 1. The van der Waals surface area contributed by atoms with Crippen LogP contribution in [-0.4, -0.2) is 14.7 Å². The van der Waals surface area contributed by atoms with Gasteiger partial charge in [0.15, 0.2) is 0 Å². The maximum atomic E-state index is 10.8. The maximum Gasteiger partial charge on any atom is 0.0951 e. The minimum atomic E-state index is -0.767. The predicted octanol–water partition coefficient (Wildman–Crippen LogP) is 3.11. The molecular formula is C16H20N2O. The Hall–Kier alpha value is -1.61. The summed E-state index contributed by atoms with van der Waals surface area (Å²) >= 11 is 0. The van der Waals surface area contributed by atoms with Gasteiger partial charge in [0.05, 0.1) is 18.0 Å². The molecule has 0 unspecified atom stereocenters. The highest BCUT2D eigenvalue weighted by atomic mass is 16.3. The summed E-state index contributed by atoms with van der Waals surface area (Å²) in [6.07, 6.45) is 6.41. The van der Waals surface area contributed by atoms with Gasteiger partial charge in [0.1, 0.15) is 0 Å². The van der Waals surface area contributed by atoms with Gasteiger partial charge in [-0.1, -0.05) is 38.1 Å². The molecule has 0 fully saturated rings. The van der Waals surface area contributed by atoms with Crippen LogP contribution >= 0.6 is 0 Å². The van der Waals surface area contributed by atoms with Gasteiger partial charge >= 0.3 is 0 Å². The van der Waals surface area contributed by atoms with Crippen molar-refractivity contribution in [1.29, 1.82) is 0 Å². The highest BCUT2D eigenvalue weighted by molar-refractivity contribution is 5.39. The normalized spacial score (nSPS) is 28.9. The van der Waals surface area contributed by atoms with Crippen molar-refractivity contribution in [2.24, 2.45) is 5.41 Å². The molecule has 0 radical (unpaired) electrons. The number of fused-ring (bicyclic) bond motifs is 1. The first-order valence-electron chi connectivity index (χ1n) is 6.71. The van der Waals surface area contributed by atoms with Gasteiger partial charge in [0, 0.05) is 12.4 Å². The molecular weight excluding hydrogens is 236 g/mol. The second-order valence-corrected chi connectivity index (χ2v) is 6.44. The standard InChI is InChI=1S/C16H20N2O/c1-15(2)10-16(3,19)13-7-5-4-6-12(13)14(15)18-9-8-17-11-18/h4-9,11,14,19H,10H2,1-3H3/t14-,16-/m0/s1. The van der Waals surface area contributed by atoms with E-state index in [2.05, 4.69) is 29.5 Å². The first-order chi connectivity index (χ1) is 8.92. The monoisotopic (exact) mass is 256 g/mol. The number of rotatable bonds is 1. The molecule has 19 heavy (non-hydrogen) atoms. The lowest BCUT2D eigenvalue weighted by Crippen LogP contribution is -2.42. The Morgan fingerprint density at radius 3 is 2.68 bits per heavy atom. The Kier molecular flexibility index (Phi) is 2.58.